The molecule has 0 aliphatic rings. The summed E-state index contributed by atoms with van der Waals surface area (Å²) in [6.07, 6.45) is 3.08. The summed E-state index contributed by atoms with van der Waals surface area (Å²) in [7, 11) is 0. The molecule has 19 heavy (non-hydrogen) atoms. The van der Waals surface area contributed by atoms with Crippen LogP contribution < -0.4 is 5.32 Å². The Balaban J connectivity index is 2.11. The summed E-state index contributed by atoms with van der Waals surface area (Å²) in [6, 6.07) is 4.94. The van der Waals surface area contributed by atoms with Crippen molar-refractivity contribution in [3.8, 4) is 0 Å². The smallest absolute Gasteiger partial charge is 0.254 e. The van der Waals surface area contributed by atoms with Crippen molar-refractivity contribution in [3.63, 3.8) is 0 Å². The van der Waals surface area contributed by atoms with E-state index >= 15 is 0 Å². The first-order valence-electron chi connectivity index (χ1n) is 5.40. The maximum absolute atomic E-state index is 13.4. The van der Waals surface area contributed by atoms with Crippen molar-refractivity contribution in [2.75, 3.05) is 0 Å². The Morgan fingerprint density at radius 3 is 2.42 bits per heavy atom. The van der Waals surface area contributed by atoms with Gasteiger partial charge in [0.15, 0.2) is 17.5 Å². The molecule has 1 heterocycles. The van der Waals surface area contributed by atoms with Crippen LogP contribution in [0.1, 0.15) is 15.9 Å². The molecule has 0 aliphatic heterocycles. The molecule has 98 valence electrons. The number of rotatable bonds is 3. The van der Waals surface area contributed by atoms with Gasteiger partial charge in [-0.3, -0.25) is 9.78 Å². The van der Waals surface area contributed by atoms with E-state index in [-0.39, 0.29) is 6.54 Å². The fourth-order valence-corrected chi connectivity index (χ4v) is 1.48. The molecule has 1 aromatic heterocycles. The predicted molar refractivity (Wildman–Crippen MR) is 61.7 cm³/mol. The Hall–Kier alpha value is -2.37. The average Bonchev–Trinajstić information content (AvgIpc) is 2.43. The molecule has 0 bridgehead atoms. The van der Waals surface area contributed by atoms with Gasteiger partial charge in [-0.05, 0) is 29.8 Å². The Kier molecular flexibility index (Phi) is 3.79. The van der Waals surface area contributed by atoms with Gasteiger partial charge in [0, 0.05) is 18.9 Å². The third-order valence-corrected chi connectivity index (χ3v) is 2.48. The maximum atomic E-state index is 13.4. The lowest BCUT2D eigenvalue weighted by Gasteiger charge is -2.06. The second-order valence-corrected chi connectivity index (χ2v) is 3.76. The van der Waals surface area contributed by atoms with Crippen LogP contribution in [0.15, 0.2) is 36.7 Å². The molecular formula is C13H9F3N2O. The van der Waals surface area contributed by atoms with Gasteiger partial charge in [0.05, 0.1) is 5.56 Å². The maximum Gasteiger partial charge on any atom is 0.254 e. The van der Waals surface area contributed by atoms with Crippen molar-refractivity contribution in [1.82, 2.24) is 10.3 Å². The molecule has 0 atom stereocenters. The minimum Gasteiger partial charge on any atom is -0.348 e. The number of hydrogen-bond donors (Lipinski definition) is 1. The van der Waals surface area contributed by atoms with Gasteiger partial charge in [0.2, 0.25) is 0 Å². The van der Waals surface area contributed by atoms with Crippen LogP contribution in [0, 0.1) is 17.5 Å². The molecule has 0 radical (unpaired) electrons. The molecule has 0 saturated heterocycles. The number of benzene rings is 1. The summed E-state index contributed by atoms with van der Waals surface area (Å²) in [5.41, 5.74) is 0.222. The fourth-order valence-electron chi connectivity index (χ4n) is 1.48. The summed E-state index contributed by atoms with van der Waals surface area (Å²) < 4.78 is 39.0. The molecule has 1 N–H and O–H groups in total. The zero-order valence-electron chi connectivity index (χ0n) is 9.66. The van der Waals surface area contributed by atoms with Crippen LogP contribution in [0.25, 0.3) is 0 Å². The zero-order chi connectivity index (χ0) is 13.8. The van der Waals surface area contributed by atoms with E-state index in [2.05, 4.69) is 10.3 Å². The molecular weight excluding hydrogens is 257 g/mol. The lowest BCUT2D eigenvalue weighted by molar-refractivity contribution is 0.0945. The van der Waals surface area contributed by atoms with E-state index in [1.165, 1.54) is 0 Å². The first kappa shape index (κ1) is 13.1. The Morgan fingerprint density at radius 2 is 1.74 bits per heavy atom. The number of aromatic nitrogens is 1. The van der Waals surface area contributed by atoms with E-state index in [1.54, 1.807) is 24.5 Å². The van der Waals surface area contributed by atoms with E-state index in [0.717, 1.165) is 11.6 Å². The number of carbonyl (C=O) groups is 1. The van der Waals surface area contributed by atoms with Gasteiger partial charge >= 0.3 is 0 Å². The van der Waals surface area contributed by atoms with E-state index in [0.29, 0.717) is 6.07 Å². The summed E-state index contributed by atoms with van der Waals surface area (Å²) >= 11 is 0. The van der Waals surface area contributed by atoms with Gasteiger partial charge in [-0.25, -0.2) is 13.2 Å². The molecule has 0 aliphatic carbocycles. The van der Waals surface area contributed by atoms with Crippen LogP contribution in [-0.2, 0) is 6.54 Å². The number of nitrogens with one attached hydrogen (secondary N) is 1. The number of carbonyl (C=O) groups excluding carboxylic acids is 1. The molecule has 0 spiro atoms. The van der Waals surface area contributed by atoms with Crippen molar-refractivity contribution in [1.29, 1.82) is 0 Å². The summed E-state index contributed by atoms with van der Waals surface area (Å²) in [4.78, 5) is 15.4. The molecule has 1 aromatic carbocycles. The number of nitrogens with zero attached hydrogens (tertiary/aromatic N) is 1. The number of pyridine rings is 1. The van der Waals surface area contributed by atoms with Crippen LogP contribution in [0.5, 0.6) is 0 Å². The van der Waals surface area contributed by atoms with Crippen molar-refractivity contribution in [2.24, 2.45) is 0 Å². The minimum absolute atomic E-state index is 0.139. The third-order valence-electron chi connectivity index (χ3n) is 2.48. The second kappa shape index (κ2) is 5.51. The summed E-state index contributed by atoms with van der Waals surface area (Å²) in [5.74, 6) is -5.29. The topological polar surface area (TPSA) is 42.0 Å². The Labute approximate surface area is 107 Å². The number of amides is 1. The minimum atomic E-state index is -1.66. The van der Waals surface area contributed by atoms with Crippen molar-refractivity contribution >= 4 is 5.91 Å². The second-order valence-electron chi connectivity index (χ2n) is 3.76. The van der Waals surface area contributed by atoms with Crippen LogP contribution in [0.3, 0.4) is 0 Å². The van der Waals surface area contributed by atoms with Crippen LogP contribution in [0.4, 0.5) is 13.2 Å². The molecule has 0 saturated carbocycles. The first-order valence-corrected chi connectivity index (χ1v) is 5.40. The molecule has 0 fully saturated rings. The summed E-state index contributed by atoms with van der Waals surface area (Å²) in [5, 5.41) is 2.41. The molecule has 2 aromatic rings. The Morgan fingerprint density at radius 1 is 1.05 bits per heavy atom. The van der Waals surface area contributed by atoms with Crippen molar-refractivity contribution in [3.05, 3.63) is 65.2 Å². The fraction of sp³-hybridized carbons (Fsp3) is 0.0769. The van der Waals surface area contributed by atoms with E-state index in [1.807, 2.05) is 0 Å². The highest BCUT2D eigenvalue weighted by Gasteiger charge is 2.18. The van der Waals surface area contributed by atoms with Crippen LogP contribution in [-0.4, -0.2) is 10.9 Å². The highest BCUT2D eigenvalue weighted by Crippen LogP contribution is 2.15. The highest BCUT2D eigenvalue weighted by molar-refractivity contribution is 5.94. The van der Waals surface area contributed by atoms with E-state index < -0.39 is 28.9 Å². The van der Waals surface area contributed by atoms with Crippen molar-refractivity contribution < 1.29 is 18.0 Å². The monoisotopic (exact) mass is 266 g/mol. The van der Waals surface area contributed by atoms with Gasteiger partial charge in [-0.1, -0.05) is 0 Å². The van der Waals surface area contributed by atoms with Crippen LogP contribution >= 0.6 is 0 Å². The first-order chi connectivity index (χ1) is 9.09. The SMILES string of the molecule is O=C(NCc1ccncc1)c1ccc(F)c(F)c1F. The van der Waals surface area contributed by atoms with Gasteiger partial charge in [-0.15, -0.1) is 0 Å². The Bertz CT molecular complexity index is 602. The van der Waals surface area contributed by atoms with Crippen LogP contribution in [0.2, 0.25) is 0 Å². The van der Waals surface area contributed by atoms with E-state index in [4.69, 9.17) is 0 Å². The van der Waals surface area contributed by atoms with Crippen molar-refractivity contribution in [2.45, 2.75) is 6.54 Å². The van der Waals surface area contributed by atoms with Gasteiger partial charge in [-0.2, -0.15) is 0 Å². The van der Waals surface area contributed by atoms with Gasteiger partial charge in [0.25, 0.3) is 5.91 Å². The zero-order valence-corrected chi connectivity index (χ0v) is 9.66. The molecule has 1 amide bonds. The van der Waals surface area contributed by atoms with Gasteiger partial charge < -0.3 is 5.32 Å². The van der Waals surface area contributed by atoms with Gasteiger partial charge in [0.1, 0.15) is 0 Å². The number of hydrogen-bond acceptors (Lipinski definition) is 2. The average molecular weight is 266 g/mol. The largest absolute Gasteiger partial charge is 0.348 e. The third kappa shape index (κ3) is 2.90. The molecule has 6 heteroatoms. The number of halogens is 3. The highest BCUT2D eigenvalue weighted by atomic mass is 19.2. The quantitative estimate of drug-likeness (QED) is 0.867. The molecule has 2 rings (SSSR count). The lowest BCUT2D eigenvalue weighted by atomic mass is 10.1. The molecule has 3 nitrogen and oxygen atoms in total. The van der Waals surface area contributed by atoms with E-state index in [9.17, 15) is 18.0 Å². The summed E-state index contributed by atoms with van der Waals surface area (Å²) in [6.45, 7) is 0.139. The lowest BCUT2D eigenvalue weighted by Crippen LogP contribution is -2.24. The standard InChI is InChI=1S/C13H9F3N2O/c14-10-2-1-9(11(15)12(10)16)13(19)18-7-8-3-5-17-6-4-8/h1-6H,7H2,(H,18,19). The molecule has 0 unspecified atom stereocenters. The normalized spacial score (nSPS) is 10.3. The predicted octanol–water partition coefficient (Wildman–Crippen LogP) is 2.43.